The maximum Gasteiger partial charge on any atom is 0.150 e. The average molecular weight is 223 g/mol. The van der Waals surface area contributed by atoms with Crippen LogP contribution in [0.25, 0.3) is 0 Å². The SMILES string of the molecule is CC.CC.Cc1cnc2c(n1)N(C)CCC2. The summed E-state index contributed by atoms with van der Waals surface area (Å²) in [6, 6.07) is 0. The Morgan fingerprint density at radius 1 is 1.19 bits per heavy atom. The fourth-order valence-electron chi connectivity index (χ4n) is 1.56. The van der Waals surface area contributed by atoms with Crippen molar-refractivity contribution in [3.8, 4) is 0 Å². The largest absolute Gasteiger partial charge is 0.358 e. The molecule has 0 saturated heterocycles. The molecule has 1 aromatic rings. The minimum absolute atomic E-state index is 1.00. The minimum atomic E-state index is 1.00. The van der Waals surface area contributed by atoms with Crippen molar-refractivity contribution in [2.75, 3.05) is 18.5 Å². The first-order chi connectivity index (χ1) is 7.77. The zero-order valence-corrected chi connectivity index (χ0v) is 11.5. The molecule has 2 heterocycles. The molecule has 0 atom stereocenters. The van der Waals surface area contributed by atoms with Crippen molar-refractivity contribution < 1.29 is 0 Å². The molecule has 1 aromatic heterocycles. The highest BCUT2D eigenvalue weighted by Gasteiger charge is 2.15. The molecule has 3 nitrogen and oxygen atoms in total. The van der Waals surface area contributed by atoms with Crippen LogP contribution in [0.2, 0.25) is 0 Å². The number of fused-ring (bicyclic) bond motifs is 1. The molecule has 0 aliphatic carbocycles. The van der Waals surface area contributed by atoms with Gasteiger partial charge in [0.2, 0.25) is 0 Å². The summed E-state index contributed by atoms with van der Waals surface area (Å²) in [5.74, 6) is 1.07. The molecule has 0 N–H and O–H groups in total. The van der Waals surface area contributed by atoms with Gasteiger partial charge in [-0.25, -0.2) is 4.98 Å². The van der Waals surface area contributed by atoms with Crippen LogP contribution in [-0.2, 0) is 6.42 Å². The molecule has 3 heteroatoms. The molecule has 0 saturated carbocycles. The molecule has 1 aliphatic heterocycles. The lowest BCUT2D eigenvalue weighted by Gasteiger charge is -2.25. The second-order valence-corrected chi connectivity index (χ2v) is 3.31. The van der Waals surface area contributed by atoms with E-state index in [1.54, 1.807) is 0 Å². The number of hydrogen-bond acceptors (Lipinski definition) is 3. The van der Waals surface area contributed by atoms with Gasteiger partial charge in [0.1, 0.15) is 5.82 Å². The smallest absolute Gasteiger partial charge is 0.150 e. The monoisotopic (exact) mass is 223 g/mol. The third kappa shape index (κ3) is 3.80. The van der Waals surface area contributed by atoms with Gasteiger partial charge in [-0.15, -0.1) is 0 Å². The molecule has 16 heavy (non-hydrogen) atoms. The molecule has 0 unspecified atom stereocenters. The van der Waals surface area contributed by atoms with Crippen LogP contribution in [0.5, 0.6) is 0 Å². The molecule has 92 valence electrons. The lowest BCUT2D eigenvalue weighted by Crippen LogP contribution is -2.26. The van der Waals surface area contributed by atoms with E-state index < -0.39 is 0 Å². The first-order valence-electron chi connectivity index (χ1n) is 6.31. The highest BCUT2D eigenvalue weighted by Crippen LogP contribution is 2.20. The number of aryl methyl sites for hydroxylation is 2. The van der Waals surface area contributed by atoms with Gasteiger partial charge >= 0.3 is 0 Å². The Kier molecular flexibility index (Phi) is 7.52. The summed E-state index contributed by atoms with van der Waals surface area (Å²) in [6.45, 7) is 11.1. The van der Waals surface area contributed by atoms with Crippen LogP contribution in [0.1, 0.15) is 45.5 Å². The van der Waals surface area contributed by atoms with E-state index in [0.717, 1.165) is 30.2 Å². The number of rotatable bonds is 0. The second-order valence-electron chi connectivity index (χ2n) is 3.31. The predicted molar refractivity (Wildman–Crippen MR) is 71.1 cm³/mol. The van der Waals surface area contributed by atoms with E-state index >= 15 is 0 Å². The fraction of sp³-hybridized carbons (Fsp3) is 0.692. The van der Waals surface area contributed by atoms with Gasteiger partial charge in [0.15, 0.2) is 0 Å². The van der Waals surface area contributed by atoms with Crippen LogP contribution in [0.4, 0.5) is 5.82 Å². The van der Waals surface area contributed by atoms with Crippen LogP contribution in [-0.4, -0.2) is 23.6 Å². The molecule has 0 bridgehead atoms. The van der Waals surface area contributed by atoms with Crippen LogP contribution in [0.3, 0.4) is 0 Å². The van der Waals surface area contributed by atoms with E-state index in [2.05, 4.69) is 21.9 Å². The summed E-state index contributed by atoms with van der Waals surface area (Å²) in [4.78, 5) is 11.0. The summed E-state index contributed by atoms with van der Waals surface area (Å²) in [5.41, 5.74) is 2.15. The summed E-state index contributed by atoms with van der Waals surface area (Å²) in [7, 11) is 2.08. The number of anilines is 1. The third-order valence-electron chi connectivity index (χ3n) is 2.22. The van der Waals surface area contributed by atoms with Crippen LogP contribution in [0, 0.1) is 6.92 Å². The number of hydrogen-bond donors (Lipinski definition) is 0. The van der Waals surface area contributed by atoms with E-state index in [4.69, 9.17) is 0 Å². The van der Waals surface area contributed by atoms with E-state index in [9.17, 15) is 0 Å². The van der Waals surface area contributed by atoms with E-state index in [1.165, 1.54) is 6.42 Å². The molecule has 0 spiro atoms. The van der Waals surface area contributed by atoms with Gasteiger partial charge in [-0.05, 0) is 19.8 Å². The molecule has 0 aromatic carbocycles. The van der Waals surface area contributed by atoms with E-state index in [-0.39, 0.29) is 0 Å². The second kappa shape index (κ2) is 8.08. The van der Waals surface area contributed by atoms with E-state index in [1.807, 2.05) is 40.8 Å². The summed E-state index contributed by atoms with van der Waals surface area (Å²) in [6.07, 6.45) is 4.12. The molecule has 0 amide bonds. The lowest BCUT2D eigenvalue weighted by atomic mass is 10.1. The Hall–Kier alpha value is -1.12. The predicted octanol–water partition coefficient (Wildman–Crippen LogP) is 3.22. The van der Waals surface area contributed by atoms with Crippen molar-refractivity contribution in [3.05, 3.63) is 17.6 Å². The minimum Gasteiger partial charge on any atom is -0.358 e. The van der Waals surface area contributed by atoms with Gasteiger partial charge in [-0.1, -0.05) is 27.7 Å². The standard InChI is InChI=1S/C9H13N3.2C2H6/c1-7-6-10-8-4-3-5-12(2)9(8)11-7;2*1-2/h6H,3-5H2,1-2H3;2*1-2H3. The average Bonchev–Trinajstić information content (AvgIpc) is 2.35. The van der Waals surface area contributed by atoms with Gasteiger partial charge in [-0.3, -0.25) is 4.98 Å². The first kappa shape index (κ1) is 14.9. The molecule has 0 fully saturated rings. The maximum absolute atomic E-state index is 4.46. The fourth-order valence-corrected chi connectivity index (χ4v) is 1.56. The lowest BCUT2D eigenvalue weighted by molar-refractivity contribution is 0.706. The van der Waals surface area contributed by atoms with Crippen molar-refractivity contribution in [3.63, 3.8) is 0 Å². The third-order valence-corrected chi connectivity index (χ3v) is 2.22. The van der Waals surface area contributed by atoms with Crippen LogP contribution < -0.4 is 4.90 Å². The Balaban J connectivity index is 0.000000509. The topological polar surface area (TPSA) is 29.0 Å². The van der Waals surface area contributed by atoms with Crippen LogP contribution in [0.15, 0.2) is 6.20 Å². The Labute approximate surface area is 99.9 Å². The van der Waals surface area contributed by atoms with Crippen molar-refractivity contribution in [2.45, 2.75) is 47.5 Å². The number of nitrogens with zero attached hydrogens (tertiary/aromatic N) is 3. The Morgan fingerprint density at radius 2 is 1.81 bits per heavy atom. The summed E-state index contributed by atoms with van der Waals surface area (Å²) >= 11 is 0. The van der Waals surface area contributed by atoms with Gasteiger partial charge in [0, 0.05) is 19.8 Å². The van der Waals surface area contributed by atoms with Crippen LogP contribution >= 0.6 is 0 Å². The number of aromatic nitrogens is 2. The quantitative estimate of drug-likeness (QED) is 0.676. The van der Waals surface area contributed by atoms with Gasteiger partial charge in [-0.2, -0.15) is 0 Å². The van der Waals surface area contributed by atoms with Crippen molar-refractivity contribution in [1.82, 2.24) is 9.97 Å². The van der Waals surface area contributed by atoms with E-state index in [0.29, 0.717) is 0 Å². The molecular weight excluding hydrogens is 198 g/mol. The zero-order chi connectivity index (χ0) is 12.6. The molecule has 1 aliphatic rings. The normalized spacial score (nSPS) is 12.8. The molecule has 0 radical (unpaired) electrons. The van der Waals surface area contributed by atoms with Crippen molar-refractivity contribution >= 4 is 5.82 Å². The highest BCUT2D eigenvalue weighted by atomic mass is 15.2. The van der Waals surface area contributed by atoms with Gasteiger partial charge < -0.3 is 4.90 Å². The highest BCUT2D eigenvalue weighted by molar-refractivity contribution is 5.44. The first-order valence-corrected chi connectivity index (χ1v) is 6.31. The Morgan fingerprint density at radius 3 is 2.44 bits per heavy atom. The van der Waals surface area contributed by atoms with Gasteiger partial charge in [0.25, 0.3) is 0 Å². The molecule has 2 rings (SSSR count). The zero-order valence-electron chi connectivity index (χ0n) is 11.5. The summed E-state index contributed by atoms with van der Waals surface area (Å²) in [5, 5.41) is 0. The maximum atomic E-state index is 4.46. The Bertz CT molecular complexity index is 297. The van der Waals surface area contributed by atoms with Crippen molar-refractivity contribution in [1.29, 1.82) is 0 Å². The molecular formula is C13H25N3. The summed E-state index contributed by atoms with van der Waals surface area (Å²) < 4.78 is 0. The van der Waals surface area contributed by atoms with Crippen molar-refractivity contribution in [2.24, 2.45) is 0 Å². The van der Waals surface area contributed by atoms with Gasteiger partial charge in [0.05, 0.1) is 11.4 Å².